The van der Waals surface area contributed by atoms with Crippen molar-refractivity contribution in [2.45, 2.75) is 31.7 Å². The highest BCUT2D eigenvalue weighted by Gasteiger charge is 2.38. The van der Waals surface area contributed by atoms with Gasteiger partial charge in [-0.15, -0.1) is 12.4 Å². The summed E-state index contributed by atoms with van der Waals surface area (Å²) in [6, 6.07) is 8.16. The lowest BCUT2D eigenvalue weighted by Gasteiger charge is -2.34. The fourth-order valence-corrected chi connectivity index (χ4v) is 2.22. The van der Waals surface area contributed by atoms with Crippen LogP contribution in [0.4, 0.5) is 0 Å². The second-order valence-corrected chi connectivity index (χ2v) is 5.16. The summed E-state index contributed by atoms with van der Waals surface area (Å²) < 4.78 is 5.22. The normalized spacial score (nSPS) is 16.7. The fourth-order valence-electron chi connectivity index (χ4n) is 2.22. The molecule has 1 aromatic heterocycles. The minimum atomic E-state index is -0.363. The first-order valence-corrected chi connectivity index (χ1v) is 6.54. The van der Waals surface area contributed by atoms with Gasteiger partial charge in [0, 0.05) is 6.08 Å². The molecule has 0 saturated heterocycles. The van der Waals surface area contributed by atoms with Crippen LogP contribution in [0.1, 0.15) is 42.1 Å². The van der Waals surface area contributed by atoms with Crippen molar-refractivity contribution in [1.82, 2.24) is 10.1 Å². The number of halogens is 1. The number of nitrogens with two attached hydrogens (primary N) is 1. The van der Waals surface area contributed by atoms with Crippen molar-refractivity contribution in [3.63, 3.8) is 0 Å². The summed E-state index contributed by atoms with van der Waals surface area (Å²) in [5.74, 6) is 1.14. The third kappa shape index (κ3) is 2.76. The standard InChI is InChI=1S/C15H17N3O.ClH/c1-11-5-2-3-6-12(11)7-8-13-17-14(18-19-13)15(16)9-4-10-15;/h2-3,5-8H,4,9-10,16H2,1H3;1H/b8-7+;. The van der Waals surface area contributed by atoms with E-state index in [9.17, 15) is 0 Å². The summed E-state index contributed by atoms with van der Waals surface area (Å²) in [4.78, 5) is 4.36. The molecule has 0 amide bonds. The van der Waals surface area contributed by atoms with E-state index in [1.807, 2.05) is 24.3 Å². The van der Waals surface area contributed by atoms with E-state index in [4.69, 9.17) is 10.3 Å². The first-order chi connectivity index (χ1) is 9.17. The van der Waals surface area contributed by atoms with Crippen LogP contribution in [-0.2, 0) is 5.54 Å². The van der Waals surface area contributed by atoms with E-state index in [-0.39, 0.29) is 17.9 Å². The highest BCUT2D eigenvalue weighted by Crippen LogP contribution is 2.36. The molecule has 2 aromatic rings. The van der Waals surface area contributed by atoms with Crippen molar-refractivity contribution in [2.75, 3.05) is 0 Å². The monoisotopic (exact) mass is 291 g/mol. The molecule has 106 valence electrons. The number of aryl methyl sites for hydroxylation is 1. The van der Waals surface area contributed by atoms with Crippen LogP contribution >= 0.6 is 12.4 Å². The highest BCUT2D eigenvalue weighted by atomic mass is 35.5. The van der Waals surface area contributed by atoms with Crippen LogP contribution in [0.25, 0.3) is 12.2 Å². The van der Waals surface area contributed by atoms with E-state index >= 15 is 0 Å². The van der Waals surface area contributed by atoms with Gasteiger partial charge >= 0.3 is 0 Å². The molecule has 3 rings (SSSR count). The quantitative estimate of drug-likeness (QED) is 0.942. The lowest BCUT2D eigenvalue weighted by atomic mass is 9.77. The Balaban J connectivity index is 0.00000147. The van der Waals surface area contributed by atoms with Crippen LogP contribution in [0.5, 0.6) is 0 Å². The lowest BCUT2D eigenvalue weighted by Crippen LogP contribution is -2.44. The molecule has 1 saturated carbocycles. The van der Waals surface area contributed by atoms with Gasteiger partial charge in [-0.3, -0.25) is 0 Å². The molecule has 0 radical (unpaired) electrons. The van der Waals surface area contributed by atoms with Crippen LogP contribution in [0, 0.1) is 6.92 Å². The maximum absolute atomic E-state index is 6.16. The molecule has 1 heterocycles. The number of hydrogen-bond donors (Lipinski definition) is 1. The van der Waals surface area contributed by atoms with Crippen LogP contribution in [0.2, 0.25) is 0 Å². The van der Waals surface area contributed by atoms with Crippen molar-refractivity contribution < 1.29 is 4.52 Å². The molecule has 1 aromatic carbocycles. The second-order valence-electron chi connectivity index (χ2n) is 5.16. The van der Waals surface area contributed by atoms with E-state index in [2.05, 4.69) is 29.2 Å². The van der Waals surface area contributed by atoms with Crippen LogP contribution in [0.15, 0.2) is 28.8 Å². The Morgan fingerprint density at radius 3 is 2.65 bits per heavy atom. The molecular weight excluding hydrogens is 274 g/mol. The summed E-state index contributed by atoms with van der Waals surface area (Å²) in [5.41, 5.74) is 8.16. The zero-order valence-electron chi connectivity index (χ0n) is 11.4. The Labute approximate surface area is 124 Å². The average Bonchev–Trinajstić information content (AvgIpc) is 2.84. The van der Waals surface area contributed by atoms with Gasteiger partial charge in [0.2, 0.25) is 0 Å². The van der Waals surface area contributed by atoms with Crippen LogP contribution in [0.3, 0.4) is 0 Å². The van der Waals surface area contributed by atoms with E-state index < -0.39 is 0 Å². The molecule has 1 aliphatic rings. The largest absolute Gasteiger partial charge is 0.335 e. The van der Waals surface area contributed by atoms with E-state index in [0.29, 0.717) is 11.7 Å². The lowest BCUT2D eigenvalue weighted by molar-refractivity contribution is 0.229. The third-order valence-corrected chi connectivity index (χ3v) is 3.73. The van der Waals surface area contributed by atoms with Crippen LogP contribution in [-0.4, -0.2) is 10.1 Å². The molecule has 4 nitrogen and oxygen atoms in total. The summed E-state index contributed by atoms with van der Waals surface area (Å²) in [6.07, 6.45) is 6.83. The molecule has 5 heteroatoms. The van der Waals surface area contributed by atoms with Crippen molar-refractivity contribution in [3.05, 3.63) is 47.1 Å². The van der Waals surface area contributed by atoms with Gasteiger partial charge in [-0.25, -0.2) is 0 Å². The van der Waals surface area contributed by atoms with Gasteiger partial charge < -0.3 is 10.3 Å². The first kappa shape index (κ1) is 14.8. The zero-order valence-corrected chi connectivity index (χ0v) is 12.2. The first-order valence-electron chi connectivity index (χ1n) is 6.54. The molecular formula is C15H18ClN3O. The fraction of sp³-hybridized carbons (Fsp3) is 0.333. The predicted octanol–water partition coefficient (Wildman–Crippen LogP) is 3.31. The molecule has 0 aliphatic heterocycles. The van der Waals surface area contributed by atoms with Crippen molar-refractivity contribution in [3.8, 4) is 0 Å². The third-order valence-electron chi connectivity index (χ3n) is 3.73. The summed E-state index contributed by atoms with van der Waals surface area (Å²) in [5, 5.41) is 3.98. The van der Waals surface area contributed by atoms with Gasteiger partial charge in [-0.05, 0) is 43.4 Å². The maximum atomic E-state index is 6.16. The maximum Gasteiger partial charge on any atom is 0.250 e. The van der Waals surface area contributed by atoms with Gasteiger partial charge in [-0.2, -0.15) is 4.98 Å². The smallest absolute Gasteiger partial charge is 0.250 e. The van der Waals surface area contributed by atoms with E-state index in [1.54, 1.807) is 0 Å². The van der Waals surface area contributed by atoms with Gasteiger partial charge in [-0.1, -0.05) is 29.4 Å². The van der Waals surface area contributed by atoms with Gasteiger partial charge in [0.25, 0.3) is 5.89 Å². The number of rotatable bonds is 3. The van der Waals surface area contributed by atoms with Gasteiger partial charge in [0.1, 0.15) is 0 Å². The number of nitrogens with zero attached hydrogens (tertiary/aromatic N) is 2. The van der Waals surface area contributed by atoms with E-state index in [1.165, 1.54) is 5.56 Å². The Hall–Kier alpha value is -1.65. The minimum Gasteiger partial charge on any atom is -0.335 e. The van der Waals surface area contributed by atoms with Gasteiger partial charge in [0.05, 0.1) is 5.54 Å². The molecule has 2 N–H and O–H groups in total. The Morgan fingerprint density at radius 2 is 2.00 bits per heavy atom. The summed E-state index contributed by atoms with van der Waals surface area (Å²) in [7, 11) is 0. The van der Waals surface area contributed by atoms with Crippen molar-refractivity contribution in [2.24, 2.45) is 5.73 Å². The minimum absolute atomic E-state index is 0. The topological polar surface area (TPSA) is 64.9 Å². The molecule has 1 aliphatic carbocycles. The Kier molecular flexibility index (Phi) is 4.26. The second kappa shape index (κ2) is 5.77. The van der Waals surface area contributed by atoms with Crippen LogP contribution < -0.4 is 5.73 Å². The molecule has 0 spiro atoms. The summed E-state index contributed by atoms with van der Waals surface area (Å²) >= 11 is 0. The predicted molar refractivity (Wildman–Crippen MR) is 81.4 cm³/mol. The highest BCUT2D eigenvalue weighted by molar-refractivity contribution is 5.85. The molecule has 0 bridgehead atoms. The molecule has 20 heavy (non-hydrogen) atoms. The number of benzene rings is 1. The van der Waals surface area contributed by atoms with E-state index in [0.717, 1.165) is 24.8 Å². The summed E-state index contributed by atoms with van der Waals surface area (Å²) in [6.45, 7) is 2.07. The van der Waals surface area contributed by atoms with Crippen molar-refractivity contribution in [1.29, 1.82) is 0 Å². The number of hydrogen-bond acceptors (Lipinski definition) is 4. The average molecular weight is 292 g/mol. The van der Waals surface area contributed by atoms with Crippen molar-refractivity contribution >= 4 is 24.6 Å². The van der Waals surface area contributed by atoms with Gasteiger partial charge in [0.15, 0.2) is 5.82 Å². The zero-order chi connectivity index (χ0) is 13.3. The molecule has 1 fully saturated rings. The SMILES string of the molecule is Cc1ccccc1/C=C/c1nc(C2(N)CCC2)no1.Cl. The Morgan fingerprint density at radius 1 is 1.25 bits per heavy atom. The Bertz CT molecular complexity index is 617. The molecule has 0 atom stereocenters. The number of aromatic nitrogens is 2. The molecule has 0 unspecified atom stereocenters.